The molecule has 0 bridgehead atoms. The summed E-state index contributed by atoms with van der Waals surface area (Å²) in [5, 5.41) is 8.04. The maximum absolute atomic E-state index is 13.3. The average molecular weight is 265 g/mol. The zero-order valence-electron chi connectivity index (χ0n) is 10.4. The molecule has 1 aromatic carbocycles. The first-order valence-electron chi connectivity index (χ1n) is 6.22. The minimum atomic E-state index is -0.480. The first-order valence-corrected chi connectivity index (χ1v) is 6.22. The number of carbonyl (C=O) groups is 2. The van der Waals surface area contributed by atoms with Gasteiger partial charge in [-0.3, -0.25) is 14.9 Å². The van der Waals surface area contributed by atoms with Gasteiger partial charge >= 0.3 is 0 Å². The number of para-hydroxylation sites is 1. The molecule has 0 radical (unpaired) electrons. The molecule has 1 aliphatic rings. The summed E-state index contributed by atoms with van der Waals surface area (Å²) >= 11 is 0. The lowest BCUT2D eigenvalue weighted by atomic mass is 10.1. The molecule has 0 aliphatic carbocycles. The third kappa shape index (κ3) is 3.75. The Labute approximate surface area is 110 Å². The summed E-state index contributed by atoms with van der Waals surface area (Å²) in [6, 6.07) is 5.61. The van der Waals surface area contributed by atoms with E-state index in [2.05, 4.69) is 16.0 Å². The number of hydrogen-bond acceptors (Lipinski definition) is 3. The van der Waals surface area contributed by atoms with Crippen molar-refractivity contribution in [3.63, 3.8) is 0 Å². The van der Waals surface area contributed by atoms with Crippen LogP contribution in [0.4, 0.5) is 10.1 Å². The van der Waals surface area contributed by atoms with E-state index < -0.39 is 5.82 Å². The number of amides is 2. The van der Waals surface area contributed by atoms with Crippen molar-refractivity contribution < 1.29 is 14.0 Å². The fourth-order valence-electron chi connectivity index (χ4n) is 1.94. The average Bonchev–Trinajstić information content (AvgIpc) is 2.40. The lowest BCUT2D eigenvalue weighted by Gasteiger charge is -2.22. The molecule has 1 atom stereocenters. The molecule has 2 amide bonds. The summed E-state index contributed by atoms with van der Waals surface area (Å²) in [5.74, 6) is -0.945. The molecule has 0 aromatic heterocycles. The van der Waals surface area contributed by atoms with Gasteiger partial charge in [0.25, 0.3) is 0 Å². The van der Waals surface area contributed by atoms with Crippen molar-refractivity contribution in [1.82, 2.24) is 10.6 Å². The lowest BCUT2D eigenvalue weighted by molar-refractivity contribution is -0.124. The van der Waals surface area contributed by atoms with Crippen molar-refractivity contribution in [2.24, 2.45) is 0 Å². The second-order valence-corrected chi connectivity index (χ2v) is 4.39. The standard InChI is InChI=1S/C13H16FN3O2/c14-9-4-1-2-5-10(9)17-12(18)8-16-11-6-3-7-15-13(11)19/h1-2,4-5,11,16H,3,6-8H2,(H,15,19)(H,17,18). The summed E-state index contributed by atoms with van der Waals surface area (Å²) in [7, 11) is 0. The predicted molar refractivity (Wildman–Crippen MR) is 69.1 cm³/mol. The Balaban J connectivity index is 1.81. The highest BCUT2D eigenvalue weighted by molar-refractivity contribution is 5.93. The molecule has 19 heavy (non-hydrogen) atoms. The Kier molecular flexibility index (Phi) is 4.46. The summed E-state index contributed by atoms with van der Waals surface area (Å²) in [6.45, 7) is 0.658. The molecular formula is C13H16FN3O2. The minimum absolute atomic E-state index is 0.0214. The summed E-state index contributed by atoms with van der Waals surface area (Å²) < 4.78 is 13.3. The van der Waals surface area contributed by atoms with E-state index in [-0.39, 0.29) is 30.1 Å². The number of hydrogen-bond donors (Lipinski definition) is 3. The summed E-state index contributed by atoms with van der Waals surface area (Å²) in [5.41, 5.74) is 0.141. The van der Waals surface area contributed by atoms with E-state index in [0.29, 0.717) is 13.0 Å². The van der Waals surface area contributed by atoms with Gasteiger partial charge in [-0.05, 0) is 25.0 Å². The van der Waals surface area contributed by atoms with Crippen LogP contribution in [0.5, 0.6) is 0 Å². The molecule has 1 unspecified atom stereocenters. The Morgan fingerprint density at radius 2 is 2.21 bits per heavy atom. The van der Waals surface area contributed by atoms with Gasteiger partial charge < -0.3 is 10.6 Å². The molecule has 5 nitrogen and oxygen atoms in total. The third-order valence-corrected chi connectivity index (χ3v) is 2.94. The number of nitrogens with one attached hydrogen (secondary N) is 3. The molecule has 3 N–H and O–H groups in total. The molecule has 102 valence electrons. The van der Waals surface area contributed by atoms with Crippen molar-refractivity contribution >= 4 is 17.5 Å². The van der Waals surface area contributed by atoms with Crippen molar-refractivity contribution in [3.05, 3.63) is 30.1 Å². The quantitative estimate of drug-likeness (QED) is 0.748. The first-order chi connectivity index (χ1) is 9.16. The number of carbonyl (C=O) groups excluding carboxylic acids is 2. The van der Waals surface area contributed by atoms with Gasteiger partial charge in [-0.2, -0.15) is 0 Å². The summed E-state index contributed by atoms with van der Waals surface area (Å²) in [6.07, 6.45) is 1.59. The highest BCUT2D eigenvalue weighted by Gasteiger charge is 2.21. The van der Waals surface area contributed by atoms with Crippen LogP contribution in [0.3, 0.4) is 0 Å². The van der Waals surface area contributed by atoms with E-state index in [1.165, 1.54) is 12.1 Å². The molecule has 0 saturated carbocycles. The van der Waals surface area contributed by atoms with Crippen LogP contribution in [0, 0.1) is 5.82 Å². The number of anilines is 1. The van der Waals surface area contributed by atoms with Crippen LogP contribution in [0.15, 0.2) is 24.3 Å². The minimum Gasteiger partial charge on any atom is -0.355 e. The molecule has 6 heteroatoms. The van der Waals surface area contributed by atoms with Crippen LogP contribution in [0.25, 0.3) is 0 Å². The van der Waals surface area contributed by atoms with Crippen molar-refractivity contribution in [2.45, 2.75) is 18.9 Å². The number of rotatable bonds is 4. The van der Waals surface area contributed by atoms with Crippen molar-refractivity contribution in [3.8, 4) is 0 Å². The molecule has 1 aliphatic heterocycles. The zero-order valence-corrected chi connectivity index (χ0v) is 10.4. The number of halogens is 1. The van der Waals surface area contributed by atoms with Crippen LogP contribution >= 0.6 is 0 Å². The van der Waals surface area contributed by atoms with Crippen LogP contribution in [0.1, 0.15) is 12.8 Å². The van der Waals surface area contributed by atoms with Gasteiger partial charge in [0.15, 0.2) is 0 Å². The molecule has 0 spiro atoms. The Bertz CT molecular complexity index is 479. The SMILES string of the molecule is O=C(CNC1CCCNC1=O)Nc1ccccc1F. The van der Waals surface area contributed by atoms with Gasteiger partial charge in [0.05, 0.1) is 18.3 Å². The van der Waals surface area contributed by atoms with Gasteiger partial charge in [0.1, 0.15) is 5.82 Å². The number of piperidine rings is 1. The lowest BCUT2D eigenvalue weighted by Crippen LogP contribution is -2.50. The fourth-order valence-corrected chi connectivity index (χ4v) is 1.94. The van der Waals surface area contributed by atoms with Crippen LogP contribution in [-0.4, -0.2) is 30.9 Å². The Morgan fingerprint density at radius 1 is 1.42 bits per heavy atom. The molecule has 2 rings (SSSR count). The number of benzene rings is 1. The van der Waals surface area contributed by atoms with E-state index in [9.17, 15) is 14.0 Å². The van der Waals surface area contributed by atoms with Gasteiger partial charge in [0.2, 0.25) is 11.8 Å². The van der Waals surface area contributed by atoms with E-state index in [1.807, 2.05) is 0 Å². The smallest absolute Gasteiger partial charge is 0.238 e. The van der Waals surface area contributed by atoms with E-state index >= 15 is 0 Å². The van der Waals surface area contributed by atoms with Gasteiger partial charge in [-0.1, -0.05) is 12.1 Å². The fraction of sp³-hybridized carbons (Fsp3) is 0.385. The summed E-state index contributed by atoms with van der Waals surface area (Å²) in [4.78, 5) is 23.1. The molecule has 1 saturated heterocycles. The van der Waals surface area contributed by atoms with Crippen LogP contribution in [-0.2, 0) is 9.59 Å². The Hall–Kier alpha value is -1.95. The van der Waals surface area contributed by atoms with Gasteiger partial charge in [-0.15, -0.1) is 0 Å². The largest absolute Gasteiger partial charge is 0.355 e. The molecule has 1 fully saturated rings. The van der Waals surface area contributed by atoms with E-state index in [1.54, 1.807) is 12.1 Å². The molecule has 1 heterocycles. The third-order valence-electron chi connectivity index (χ3n) is 2.94. The van der Waals surface area contributed by atoms with Gasteiger partial charge in [-0.25, -0.2) is 4.39 Å². The highest BCUT2D eigenvalue weighted by atomic mass is 19.1. The van der Waals surface area contributed by atoms with Crippen LogP contribution in [0.2, 0.25) is 0 Å². The topological polar surface area (TPSA) is 70.2 Å². The Morgan fingerprint density at radius 3 is 2.95 bits per heavy atom. The van der Waals surface area contributed by atoms with Gasteiger partial charge in [0, 0.05) is 6.54 Å². The monoisotopic (exact) mass is 265 g/mol. The highest BCUT2D eigenvalue weighted by Crippen LogP contribution is 2.11. The normalized spacial score (nSPS) is 18.8. The molecule has 1 aromatic rings. The van der Waals surface area contributed by atoms with Crippen molar-refractivity contribution in [2.75, 3.05) is 18.4 Å². The van der Waals surface area contributed by atoms with E-state index in [0.717, 1.165) is 6.42 Å². The van der Waals surface area contributed by atoms with Crippen LogP contribution < -0.4 is 16.0 Å². The second kappa shape index (κ2) is 6.29. The predicted octanol–water partition coefficient (Wildman–Crippen LogP) is 0.632. The first kappa shape index (κ1) is 13.5. The maximum Gasteiger partial charge on any atom is 0.238 e. The maximum atomic E-state index is 13.3. The zero-order chi connectivity index (χ0) is 13.7. The van der Waals surface area contributed by atoms with E-state index in [4.69, 9.17) is 0 Å². The van der Waals surface area contributed by atoms with Crippen molar-refractivity contribution in [1.29, 1.82) is 0 Å². The second-order valence-electron chi connectivity index (χ2n) is 4.39. The molecular weight excluding hydrogens is 249 g/mol.